The molecule has 2 bridgehead atoms. The first-order valence-corrected chi connectivity index (χ1v) is 9.62. The maximum atomic E-state index is 11.1. The summed E-state index contributed by atoms with van der Waals surface area (Å²) in [6.07, 6.45) is 1.15. The molecule has 5 N–H and O–H groups in total. The molecule has 0 aromatic heterocycles. The second-order valence-corrected chi connectivity index (χ2v) is 9.94. The average molecular weight is 352 g/mol. The Kier molecular flexibility index (Phi) is 3.64. The maximum Gasteiger partial charge on any atom is 0.0910 e. The lowest BCUT2D eigenvalue weighted by molar-refractivity contribution is -0.254. The number of fused-ring (bicyclic) bond motifs is 3. The molecule has 5 nitrogen and oxygen atoms in total. The summed E-state index contributed by atoms with van der Waals surface area (Å²) in [4.78, 5) is 0. The van der Waals surface area contributed by atoms with Crippen LogP contribution in [0.4, 0.5) is 0 Å². The third kappa shape index (κ3) is 1.91. The van der Waals surface area contributed by atoms with Gasteiger partial charge in [0.25, 0.3) is 0 Å². The van der Waals surface area contributed by atoms with E-state index in [2.05, 4.69) is 13.5 Å². The van der Waals surface area contributed by atoms with Gasteiger partial charge in [-0.3, -0.25) is 0 Å². The first kappa shape index (κ1) is 17.9. The summed E-state index contributed by atoms with van der Waals surface area (Å²) in [5, 5.41) is 54.1. The van der Waals surface area contributed by atoms with E-state index >= 15 is 0 Å². The third-order valence-electron chi connectivity index (χ3n) is 8.87. The maximum absolute atomic E-state index is 11.1. The van der Waals surface area contributed by atoms with Crippen LogP contribution in [0.2, 0.25) is 0 Å². The molecule has 0 saturated heterocycles. The van der Waals surface area contributed by atoms with Crippen LogP contribution < -0.4 is 0 Å². The fourth-order valence-corrected chi connectivity index (χ4v) is 7.72. The van der Waals surface area contributed by atoms with Crippen LogP contribution in [0.15, 0.2) is 12.2 Å². The predicted octanol–water partition coefficient (Wildman–Crippen LogP) is 0.975. The van der Waals surface area contributed by atoms with E-state index in [1.165, 1.54) is 0 Å². The summed E-state index contributed by atoms with van der Waals surface area (Å²) in [6.45, 7) is 8.12. The summed E-state index contributed by atoms with van der Waals surface area (Å²) in [5.41, 5.74) is -2.31. The van der Waals surface area contributed by atoms with Crippen molar-refractivity contribution in [2.24, 2.45) is 28.1 Å². The van der Waals surface area contributed by atoms with E-state index in [1.807, 2.05) is 6.92 Å². The molecule has 0 aromatic rings. The van der Waals surface area contributed by atoms with Gasteiger partial charge in [0, 0.05) is 29.8 Å². The monoisotopic (exact) mass is 352 g/mol. The number of aliphatic hydroxyl groups is 5. The summed E-state index contributed by atoms with van der Waals surface area (Å²) < 4.78 is 0. The zero-order chi connectivity index (χ0) is 18.4. The normalized spacial score (nSPS) is 60.9. The van der Waals surface area contributed by atoms with Gasteiger partial charge in [-0.1, -0.05) is 20.4 Å². The van der Waals surface area contributed by atoms with Crippen LogP contribution in [0.1, 0.15) is 52.4 Å². The molecule has 4 rings (SSSR count). The molecule has 4 fully saturated rings. The van der Waals surface area contributed by atoms with Crippen LogP contribution in [0.5, 0.6) is 0 Å². The Morgan fingerprint density at radius 2 is 1.80 bits per heavy atom. The lowest BCUT2D eigenvalue weighted by atomic mass is 9.39. The van der Waals surface area contributed by atoms with Crippen molar-refractivity contribution in [2.75, 3.05) is 6.61 Å². The largest absolute Gasteiger partial charge is 0.396 e. The summed E-state index contributed by atoms with van der Waals surface area (Å²) >= 11 is 0. The number of rotatable bonds is 1. The van der Waals surface area contributed by atoms with Gasteiger partial charge in [-0.2, -0.15) is 0 Å². The highest BCUT2D eigenvalue weighted by Gasteiger charge is 2.73. The zero-order valence-electron chi connectivity index (χ0n) is 15.3. The van der Waals surface area contributed by atoms with Crippen LogP contribution in [0, 0.1) is 28.1 Å². The first-order chi connectivity index (χ1) is 11.5. The molecule has 25 heavy (non-hydrogen) atoms. The molecule has 4 saturated carbocycles. The van der Waals surface area contributed by atoms with Crippen LogP contribution >= 0.6 is 0 Å². The van der Waals surface area contributed by atoms with Crippen LogP contribution in [-0.4, -0.2) is 56.1 Å². The molecule has 4 aliphatic rings. The molecule has 4 aliphatic carbocycles. The Morgan fingerprint density at radius 3 is 2.44 bits per heavy atom. The Hall–Kier alpha value is -0.460. The van der Waals surface area contributed by atoms with Gasteiger partial charge in [0.1, 0.15) is 0 Å². The minimum Gasteiger partial charge on any atom is -0.396 e. The molecule has 0 aromatic carbocycles. The molecule has 0 radical (unpaired) electrons. The molecule has 1 spiro atoms. The van der Waals surface area contributed by atoms with Crippen molar-refractivity contribution in [1.29, 1.82) is 0 Å². The van der Waals surface area contributed by atoms with Gasteiger partial charge in [0.05, 0.1) is 23.9 Å². The van der Waals surface area contributed by atoms with Gasteiger partial charge in [-0.15, -0.1) is 0 Å². The quantitative estimate of drug-likeness (QED) is 0.453. The van der Waals surface area contributed by atoms with Gasteiger partial charge in [0.2, 0.25) is 0 Å². The van der Waals surface area contributed by atoms with E-state index in [1.54, 1.807) is 0 Å². The van der Waals surface area contributed by atoms with E-state index in [4.69, 9.17) is 0 Å². The summed E-state index contributed by atoms with van der Waals surface area (Å²) in [7, 11) is 0. The molecule has 5 heteroatoms. The van der Waals surface area contributed by atoms with E-state index in [9.17, 15) is 25.5 Å². The van der Waals surface area contributed by atoms with Crippen molar-refractivity contribution in [3.63, 3.8) is 0 Å². The molecule has 0 amide bonds. The average Bonchev–Trinajstić information content (AvgIpc) is 2.69. The smallest absolute Gasteiger partial charge is 0.0910 e. The number of hydrogen-bond acceptors (Lipinski definition) is 5. The summed E-state index contributed by atoms with van der Waals surface area (Å²) in [5.74, 6) is -0.235. The Balaban J connectivity index is 1.86. The predicted molar refractivity (Wildman–Crippen MR) is 92.5 cm³/mol. The molecular weight excluding hydrogens is 320 g/mol. The molecular formula is C20H32O5. The Morgan fingerprint density at radius 1 is 1.12 bits per heavy atom. The Labute approximate surface area is 149 Å². The Bertz CT molecular complexity index is 607. The minimum atomic E-state index is -1.21. The van der Waals surface area contributed by atoms with E-state index < -0.39 is 34.7 Å². The standard InChI is InChI=1S/C20H32O5/c1-11-16(24)19-7-4-13-17(2,10-21)6-5-14(23)18(13,3)15(19)12(22)8-20(11,25)9-19/h12-16,21-25H,1,4-10H2,2-3H3/t12-,13+,14-,15-,16+,17+,18-,19+,20-/m0/s1. The van der Waals surface area contributed by atoms with Crippen molar-refractivity contribution in [2.45, 2.75) is 76.3 Å². The van der Waals surface area contributed by atoms with Crippen LogP contribution in [0.3, 0.4) is 0 Å². The molecule has 9 atom stereocenters. The van der Waals surface area contributed by atoms with Crippen molar-refractivity contribution in [1.82, 2.24) is 0 Å². The molecule has 142 valence electrons. The third-order valence-corrected chi connectivity index (χ3v) is 8.87. The lowest BCUT2D eigenvalue weighted by Gasteiger charge is -2.66. The second-order valence-electron chi connectivity index (χ2n) is 9.94. The second kappa shape index (κ2) is 5.08. The van der Waals surface area contributed by atoms with Gasteiger partial charge < -0.3 is 25.5 Å². The number of hydrogen-bond donors (Lipinski definition) is 5. The first-order valence-electron chi connectivity index (χ1n) is 9.62. The van der Waals surface area contributed by atoms with Crippen molar-refractivity contribution < 1.29 is 25.5 Å². The summed E-state index contributed by atoms with van der Waals surface area (Å²) in [6, 6.07) is 0. The van der Waals surface area contributed by atoms with Crippen molar-refractivity contribution in [3.8, 4) is 0 Å². The molecule has 0 aliphatic heterocycles. The highest BCUT2D eigenvalue weighted by atomic mass is 16.3. The minimum absolute atomic E-state index is 0.0645. The van der Waals surface area contributed by atoms with Gasteiger partial charge in [0.15, 0.2) is 0 Å². The van der Waals surface area contributed by atoms with Crippen LogP contribution in [0.25, 0.3) is 0 Å². The highest BCUT2D eigenvalue weighted by molar-refractivity contribution is 5.35. The fourth-order valence-electron chi connectivity index (χ4n) is 7.72. The molecule has 0 heterocycles. The van der Waals surface area contributed by atoms with E-state index in [0.717, 1.165) is 12.8 Å². The van der Waals surface area contributed by atoms with Gasteiger partial charge in [-0.05, 0) is 49.0 Å². The molecule has 0 unspecified atom stereocenters. The van der Waals surface area contributed by atoms with E-state index in [-0.39, 0.29) is 30.3 Å². The van der Waals surface area contributed by atoms with Crippen molar-refractivity contribution in [3.05, 3.63) is 12.2 Å². The zero-order valence-corrected chi connectivity index (χ0v) is 15.3. The van der Waals surface area contributed by atoms with Gasteiger partial charge in [-0.25, -0.2) is 0 Å². The fraction of sp³-hybridized carbons (Fsp3) is 0.900. The van der Waals surface area contributed by atoms with E-state index in [0.29, 0.717) is 24.8 Å². The SMILES string of the molecule is C=C1[C@@H](O)[C@@]23CC[C@@H]4[C@@](C)(CO)CC[C@H](O)[C@@]4(C)[C@@H]2[C@@H](O)C[C@]1(O)C3. The highest BCUT2D eigenvalue weighted by Crippen LogP contribution is 2.72. The topological polar surface area (TPSA) is 101 Å². The lowest BCUT2D eigenvalue weighted by Crippen LogP contribution is -2.67. The number of aliphatic hydroxyl groups excluding tert-OH is 4. The van der Waals surface area contributed by atoms with Gasteiger partial charge >= 0.3 is 0 Å². The van der Waals surface area contributed by atoms with Crippen molar-refractivity contribution >= 4 is 0 Å². The van der Waals surface area contributed by atoms with Crippen LogP contribution in [-0.2, 0) is 0 Å².